The van der Waals surface area contributed by atoms with E-state index in [0.717, 1.165) is 23.3 Å². The number of anilines is 2. The minimum Gasteiger partial charge on any atom is -0.426 e. The van der Waals surface area contributed by atoms with Gasteiger partial charge in [-0.1, -0.05) is 48.5 Å². The fourth-order valence-electron chi connectivity index (χ4n) is 3.84. The summed E-state index contributed by atoms with van der Waals surface area (Å²) in [6.07, 6.45) is -9.79. The van der Waals surface area contributed by atoms with Crippen molar-refractivity contribution < 1.29 is 31.5 Å². The van der Waals surface area contributed by atoms with Crippen LogP contribution in [0, 0.1) is 0 Å². The maximum atomic E-state index is 13.1. The lowest BCUT2D eigenvalue weighted by molar-refractivity contribution is -0.360. The molecular formula is C29H20F5N5O2. The minimum absolute atomic E-state index is 0.321. The number of rotatable bonds is 7. The van der Waals surface area contributed by atoms with Crippen LogP contribution in [0.2, 0.25) is 0 Å². The lowest BCUT2D eigenvalue weighted by atomic mass is 10.0. The summed E-state index contributed by atoms with van der Waals surface area (Å²) < 4.78 is 68.4. The molecule has 0 radical (unpaired) electrons. The Balaban J connectivity index is 1.22. The van der Waals surface area contributed by atoms with Crippen LogP contribution in [0.1, 0.15) is 0 Å². The third-order valence-electron chi connectivity index (χ3n) is 5.83. The van der Waals surface area contributed by atoms with Crippen molar-refractivity contribution in [1.82, 2.24) is 14.8 Å². The fourth-order valence-corrected chi connectivity index (χ4v) is 3.84. The molecule has 0 atom stereocenters. The van der Waals surface area contributed by atoms with E-state index >= 15 is 0 Å². The largest absolute Gasteiger partial charge is 0.499 e. The van der Waals surface area contributed by atoms with Crippen molar-refractivity contribution in [3.05, 3.63) is 109 Å². The van der Waals surface area contributed by atoms with E-state index in [1.54, 1.807) is 24.3 Å². The minimum atomic E-state index is -5.84. The number of alkyl halides is 5. The first kappa shape index (κ1) is 27.3. The van der Waals surface area contributed by atoms with Gasteiger partial charge in [0, 0.05) is 16.8 Å². The fraction of sp³-hybridized carbons (Fsp3) is 0.0690. The van der Waals surface area contributed by atoms with Crippen LogP contribution in [-0.4, -0.2) is 33.1 Å². The normalized spacial score (nSPS) is 11.6. The van der Waals surface area contributed by atoms with Gasteiger partial charge < -0.3 is 15.4 Å². The first-order valence-electron chi connectivity index (χ1n) is 12.1. The molecule has 5 aromatic rings. The van der Waals surface area contributed by atoms with E-state index < -0.39 is 24.1 Å². The Morgan fingerprint density at radius 3 is 2.07 bits per heavy atom. The Morgan fingerprint density at radius 1 is 0.732 bits per heavy atom. The molecule has 0 spiro atoms. The van der Waals surface area contributed by atoms with E-state index in [1.807, 2.05) is 54.6 Å². The monoisotopic (exact) mass is 565 g/mol. The number of carbonyl (C=O) groups is 1. The molecule has 12 heteroatoms. The summed E-state index contributed by atoms with van der Waals surface area (Å²) in [6, 6.07) is 27.9. The number of halogens is 5. The average molecular weight is 566 g/mol. The Bertz CT molecular complexity index is 1640. The summed E-state index contributed by atoms with van der Waals surface area (Å²) in [5, 5.41) is 9.96. The number of nitrogens with one attached hydrogen (secondary N) is 2. The zero-order chi connectivity index (χ0) is 29.0. The number of para-hydroxylation sites is 1. The molecule has 0 aliphatic carbocycles. The van der Waals surface area contributed by atoms with Crippen LogP contribution in [0.5, 0.6) is 5.75 Å². The molecule has 4 aromatic carbocycles. The van der Waals surface area contributed by atoms with Gasteiger partial charge in [0.1, 0.15) is 12.1 Å². The SMILES string of the molecule is O=C(Nc1ccc(-c2ncn(-c3ccc(OC(F)(F)C(F)(F)F)cc3)n2)cc1)Nc1ccccc1-c1ccccc1. The number of carbonyl (C=O) groups excluding carboxylic acids is 1. The molecular weight excluding hydrogens is 545 g/mol. The topological polar surface area (TPSA) is 81.1 Å². The molecule has 0 aliphatic heterocycles. The van der Waals surface area contributed by atoms with Crippen LogP contribution in [0.25, 0.3) is 28.2 Å². The molecule has 1 aromatic heterocycles. The zero-order valence-electron chi connectivity index (χ0n) is 20.9. The van der Waals surface area contributed by atoms with Gasteiger partial charge in [-0.25, -0.2) is 14.5 Å². The molecule has 0 bridgehead atoms. The average Bonchev–Trinajstić information content (AvgIpc) is 3.44. The standard InChI is InChI=1S/C29H20F5N5O2/c30-28(31,32)29(33,34)41-23-16-14-22(15-17-23)39-18-35-26(38-39)20-10-12-21(13-11-20)36-27(40)37-25-9-5-4-8-24(25)19-6-2-1-3-7-19/h1-18H,(H2,36,37,40). The predicted molar refractivity (Wildman–Crippen MR) is 143 cm³/mol. The molecule has 2 amide bonds. The van der Waals surface area contributed by atoms with E-state index in [2.05, 4.69) is 25.5 Å². The van der Waals surface area contributed by atoms with E-state index in [1.165, 1.54) is 23.1 Å². The van der Waals surface area contributed by atoms with E-state index in [4.69, 9.17) is 0 Å². The second-order valence-electron chi connectivity index (χ2n) is 8.69. The predicted octanol–water partition coefficient (Wildman–Crippen LogP) is 7.78. The van der Waals surface area contributed by atoms with Crippen molar-refractivity contribution in [2.75, 3.05) is 10.6 Å². The van der Waals surface area contributed by atoms with Crippen molar-refractivity contribution >= 4 is 17.4 Å². The van der Waals surface area contributed by atoms with Crippen LogP contribution >= 0.6 is 0 Å². The number of aromatic nitrogens is 3. The Morgan fingerprint density at radius 2 is 1.39 bits per heavy atom. The summed E-state index contributed by atoms with van der Waals surface area (Å²) in [7, 11) is 0. The van der Waals surface area contributed by atoms with Crippen LogP contribution in [0.4, 0.5) is 38.1 Å². The van der Waals surface area contributed by atoms with Gasteiger partial charge in [-0.2, -0.15) is 22.0 Å². The van der Waals surface area contributed by atoms with Gasteiger partial charge in [-0.3, -0.25) is 0 Å². The molecule has 208 valence electrons. The number of hydrogen-bond donors (Lipinski definition) is 2. The highest BCUT2D eigenvalue weighted by atomic mass is 19.4. The Labute approximate surface area is 230 Å². The molecule has 1 heterocycles. The van der Waals surface area contributed by atoms with E-state index in [0.29, 0.717) is 28.5 Å². The molecule has 0 fully saturated rings. The van der Waals surface area contributed by atoms with Gasteiger partial charge in [-0.05, 0) is 60.2 Å². The second kappa shape index (κ2) is 11.1. The Hall–Kier alpha value is -5.26. The molecule has 0 saturated heterocycles. The van der Waals surface area contributed by atoms with Crippen molar-refractivity contribution in [2.24, 2.45) is 0 Å². The van der Waals surface area contributed by atoms with Gasteiger partial charge in [-0.15, -0.1) is 5.10 Å². The summed E-state index contributed by atoms with van der Waals surface area (Å²) in [4.78, 5) is 16.9. The quantitative estimate of drug-likeness (QED) is 0.198. The molecule has 7 nitrogen and oxygen atoms in total. The summed E-state index contributed by atoms with van der Waals surface area (Å²) in [6.45, 7) is 0. The summed E-state index contributed by atoms with van der Waals surface area (Å²) in [5.41, 5.74) is 3.99. The lowest BCUT2D eigenvalue weighted by Crippen LogP contribution is -2.41. The number of nitrogens with zero attached hydrogens (tertiary/aromatic N) is 3. The maximum absolute atomic E-state index is 13.1. The molecule has 0 unspecified atom stereocenters. The highest BCUT2D eigenvalue weighted by molar-refractivity contribution is 6.02. The van der Waals surface area contributed by atoms with Gasteiger partial charge in [0.05, 0.1) is 11.4 Å². The number of urea groups is 1. The first-order chi connectivity index (χ1) is 19.6. The van der Waals surface area contributed by atoms with E-state index in [-0.39, 0.29) is 0 Å². The smallest absolute Gasteiger partial charge is 0.426 e. The lowest BCUT2D eigenvalue weighted by Gasteiger charge is -2.20. The number of ether oxygens (including phenoxy) is 1. The van der Waals surface area contributed by atoms with Crippen molar-refractivity contribution in [3.8, 4) is 34.0 Å². The Kier molecular flexibility index (Phi) is 7.38. The first-order valence-corrected chi connectivity index (χ1v) is 12.1. The van der Waals surface area contributed by atoms with Gasteiger partial charge >= 0.3 is 18.3 Å². The molecule has 41 heavy (non-hydrogen) atoms. The van der Waals surface area contributed by atoms with Crippen LogP contribution < -0.4 is 15.4 Å². The number of benzene rings is 4. The van der Waals surface area contributed by atoms with Gasteiger partial charge in [0.2, 0.25) is 0 Å². The third-order valence-corrected chi connectivity index (χ3v) is 5.83. The number of hydrogen-bond acceptors (Lipinski definition) is 4. The van der Waals surface area contributed by atoms with E-state index in [9.17, 15) is 26.7 Å². The van der Waals surface area contributed by atoms with Crippen LogP contribution in [0.15, 0.2) is 109 Å². The highest BCUT2D eigenvalue weighted by Crippen LogP contribution is 2.37. The van der Waals surface area contributed by atoms with Crippen LogP contribution in [-0.2, 0) is 0 Å². The van der Waals surface area contributed by atoms with Crippen molar-refractivity contribution in [2.45, 2.75) is 12.3 Å². The van der Waals surface area contributed by atoms with Gasteiger partial charge in [0.25, 0.3) is 0 Å². The van der Waals surface area contributed by atoms with Gasteiger partial charge in [0.15, 0.2) is 5.82 Å². The third kappa shape index (κ3) is 6.32. The molecule has 0 aliphatic rings. The van der Waals surface area contributed by atoms with Crippen LogP contribution in [0.3, 0.4) is 0 Å². The second-order valence-corrected chi connectivity index (χ2v) is 8.69. The maximum Gasteiger partial charge on any atom is 0.499 e. The van der Waals surface area contributed by atoms with Crippen molar-refractivity contribution in [1.29, 1.82) is 0 Å². The van der Waals surface area contributed by atoms with Crippen molar-refractivity contribution in [3.63, 3.8) is 0 Å². The molecule has 5 rings (SSSR count). The number of amides is 2. The zero-order valence-corrected chi connectivity index (χ0v) is 20.9. The molecule has 0 saturated carbocycles. The highest BCUT2D eigenvalue weighted by Gasteiger charge is 2.61. The summed E-state index contributed by atoms with van der Waals surface area (Å²) >= 11 is 0. The molecule has 2 N–H and O–H groups in total. The summed E-state index contributed by atoms with van der Waals surface area (Å²) in [5.74, 6) is -0.339.